The number of aromatic nitrogens is 2. The third-order valence-electron chi connectivity index (χ3n) is 2.18. The normalized spacial score (nSPS) is 11.2. The van der Waals surface area contributed by atoms with Gasteiger partial charge in [-0.15, -0.1) is 0 Å². The third-order valence-corrected chi connectivity index (χ3v) is 3.54. The van der Waals surface area contributed by atoms with Crippen LogP contribution in [0, 0.1) is 0 Å². The zero-order valence-corrected chi connectivity index (χ0v) is 10.4. The topological polar surface area (TPSA) is 144 Å². The van der Waals surface area contributed by atoms with Crippen LogP contribution in [0.5, 0.6) is 0 Å². The lowest BCUT2D eigenvalue weighted by molar-refractivity contribution is 0.601. The Morgan fingerprint density at radius 1 is 1.16 bits per heavy atom. The van der Waals surface area contributed by atoms with E-state index in [2.05, 4.69) is 14.7 Å². The fourth-order valence-corrected chi connectivity index (χ4v) is 2.32. The number of rotatable bonds is 3. The van der Waals surface area contributed by atoms with Crippen LogP contribution in [-0.4, -0.2) is 18.4 Å². The number of hydrogen-bond donors (Lipinski definition) is 4. The molecule has 0 aliphatic carbocycles. The molecule has 0 aliphatic rings. The molecule has 0 spiro atoms. The molecule has 9 heteroatoms. The highest BCUT2D eigenvalue weighted by atomic mass is 32.2. The smallest absolute Gasteiger partial charge is 0.264 e. The maximum absolute atomic E-state index is 12.0. The van der Waals surface area contributed by atoms with Gasteiger partial charge >= 0.3 is 0 Å². The average molecular weight is 281 g/mol. The van der Waals surface area contributed by atoms with Crippen molar-refractivity contribution in [2.24, 2.45) is 0 Å². The Bertz CT molecular complexity index is 751. The van der Waals surface area contributed by atoms with Crippen molar-refractivity contribution in [3.8, 4) is 0 Å². The van der Waals surface area contributed by atoms with Gasteiger partial charge in [0.2, 0.25) is 5.95 Å². The molecule has 1 heterocycles. The van der Waals surface area contributed by atoms with Crippen molar-refractivity contribution >= 4 is 27.5 Å². The zero-order valence-electron chi connectivity index (χ0n) is 9.62. The van der Waals surface area contributed by atoms with Gasteiger partial charge in [0.15, 0.2) is 0 Å². The molecule has 1 aromatic carbocycles. The molecule has 0 aliphatic heterocycles. The van der Waals surface area contributed by atoms with E-state index in [1.54, 1.807) is 0 Å². The third kappa shape index (κ3) is 3.01. The van der Waals surface area contributed by atoms with E-state index in [4.69, 9.17) is 11.5 Å². The summed E-state index contributed by atoms with van der Waals surface area (Å²) >= 11 is 0. The van der Waals surface area contributed by atoms with Gasteiger partial charge in [-0.05, 0) is 24.3 Å². The first-order chi connectivity index (χ1) is 8.87. The number of aromatic amines is 1. The molecule has 8 nitrogen and oxygen atoms in total. The fraction of sp³-hybridized carbons (Fsp3) is 0. The van der Waals surface area contributed by atoms with Crippen molar-refractivity contribution < 1.29 is 8.42 Å². The Balaban J connectivity index is 2.36. The van der Waals surface area contributed by atoms with Crippen LogP contribution in [0.2, 0.25) is 0 Å². The highest BCUT2D eigenvalue weighted by Crippen LogP contribution is 2.14. The quantitative estimate of drug-likeness (QED) is 0.570. The van der Waals surface area contributed by atoms with E-state index < -0.39 is 15.6 Å². The minimum Gasteiger partial charge on any atom is -0.399 e. The van der Waals surface area contributed by atoms with E-state index in [1.165, 1.54) is 24.3 Å². The van der Waals surface area contributed by atoms with Crippen LogP contribution in [-0.2, 0) is 10.0 Å². The monoisotopic (exact) mass is 281 g/mol. The summed E-state index contributed by atoms with van der Waals surface area (Å²) in [4.78, 5) is 17.0. The first kappa shape index (κ1) is 12.9. The number of nitrogen functional groups attached to an aromatic ring is 2. The van der Waals surface area contributed by atoms with Crippen LogP contribution in [0.3, 0.4) is 0 Å². The lowest BCUT2D eigenvalue weighted by Gasteiger charge is -2.07. The zero-order chi connectivity index (χ0) is 14.0. The molecule has 2 aromatic rings. The largest absolute Gasteiger partial charge is 0.399 e. The van der Waals surface area contributed by atoms with Gasteiger partial charge in [-0.2, -0.15) is 4.98 Å². The molecule has 0 saturated carbocycles. The molecule has 0 atom stereocenters. The molecule has 0 bridgehead atoms. The molecule has 0 amide bonds. The standard InChI is InChI=1S/C10H11N5O3S/c11-6-1-3-7(4-2-6)19(17,18)15-10-13-8(12)5-9(16)14-10/h1-5H,11H2,(H4,12,13,14,15,16). The molecular weight excluding hydrogens is 270 g/mol. The van der Waals surface area contributed by atoms with Crippen LogP contribution in [0.15, 0.2) is 40.0 Å². The summed E-state index contributed by atoms with van der Waals surface area (Å²) in [6.45, 7) is 0. The molecule has 2 rings (SSSR count). The fourth-order valence-electron chi connectivity index (χ4n) is 1.36. The Kier molecular flexibility index (Phi) is 3.13. The van der Waals surface area contributed by atoms with Crippen molar-refractivity contribution in [2.75, 3.05) is 16.2 Å². The summed E-state index contributed by atoms with van der Waals surface area (Å²) in [5.41, 5.74) is 10.7. The highest BCUT2D eigenvalue weighted by molar-refractivity contribution is 7.92. The number of nitrogens with zero attached hydrogens (tertiary/aromatic N) is 1. The lowest BCUT2D eigenvalue weighted by atomic mass is 10.3. The Labute approximate surface area is 108 Å². The molecule has 0 radical (unpaired) electrons. The lowest BCUT2D eigenvalue weighted by Crippen LogP contribution is -2.19. The highest BCUT2D eigenvalue weighted by Gasteiger charge is 2.15. The molecule has 6 N–H and O–H groups in total. The summed E-state index contributed by atoms with van der Waals surface area (Å²) in [6, 6.07) is 6.61. The maximum Gasteiger partial charge on any atom is 0.264 e. The first-order valence-electron chi connectivity index (χ1n) is 5.12. The Morgan fingerprint density at radius 2 is 1.79 bits per heavy atom. The molecule has 0 saturated heterocycles. The molecule has 1 aromatic heterocycles. The van der Waals surface area contributed by atoms with Gasteiger partial charge in [0, 0.05) is 11.8 Å². The van der Waals surface area contributed by atoms with Gasteiger partial charge < -0.3 is 11.5 Å². The number of nitrogens with two attached hydrogens (primary N) is 2. The first-order valence-corrected chi connectivity index (χ1v) is 6.60. The minimum absolute atomic E-state index is 0.00762. The van der Waals surface area contributed by atoms with Crippen LogP contribution >= 0.6 is 0 Å². The Morgan fingerprint density at radius 3 is 2.37 bits per heavy atom. The van der Waals surface area contributed by atoms with Crippen LogP contribution < -0.4 is 21.7 Å². The van der Waals surface area contributed by atoms with E-state index in [0.717, 1.165) is 6.07 Å². The van der Waals surface area contributed by atoms with Gasteiger partial charge in [0.05, 0.1) is 4.90 Å². The van der Waals surface area contributed by atoms with E-state index in [9.17, 15) is 13.2 Å². The van der Waals surface area contributed by atoms with E-state index in [0.29, 0.717) is 5.69 Å². The van der Waals surface area contributed by atoms with E-state index >= 15 is 0 Å². The molecule has 19 heavy (non-hydrogen) atoms. The van der Waals surface area contributed by atoms with Crippen molar-refractivity contribution in [3.05, 3.63) is 40.7 Å². The van der Waals surface area contributed by atoms with Gasteiger partial charge in [-0.25, -0.2) is 13.1 Å². The summed E-state index contributed by atoms with van der Waals surface area (Å²) in [6.07, 6.45) is 0. The van der Waals surface area contributed by atoms with Gasteiger partial charge in [-0.3, -0.25) is 9.78 Å². The number of anilines is 3. The molecule has 0 fully saturated rings. The summed E-state index contributed by atoms with van der Waals surface area (Å²) in [5.74, 6) is -0.333. The SMILES string of the molecule is Nc1ccc(S(=O)(=O)Nc2nc(N)cc(=O)[nH]2)cc1. The van der Waals surface area contributed by atoms with Crippen molar-refractivity contribution in [3.63, 3.8) is 0 Å². The maximum atomic E-state index is 12.0. The van der Waals surface area contributed by atoms with Crippen molar-refractivity contribution in [1.82, 2.24) is 9.97 Å². The Hall–Kier alpha value is -2.55. The van der Waals surface area contributed by atoms with Gasteiger partial charge in [0.25, 0.3) is 15.6 Å². The predicted molar refractivity (Wildman–Crippen MR) is 70.9 cm³/mol. The van der Waals surface area contributed by atoms with Crippen molar-refractivity contribution in [1.29, 1.82) is 0 Å². The van der Waals surface area contributed by atoms with E-state index in [1.807, 2.05) is 0 Å². The van der Waals surface area contributed by atoms with Crippen LogP contribution in [0.1, 0.15) is 0 Å². The van der Waals surface area contributed by atoms with Crippen LogP contribution in [0.4, 0.5) is 17.5 Å². The summed E-state index contributed by atoms with van der Waals surface area (Å²) in [5, 5.41) is 0. The number of H-pyrrole nitrogens is 1. The summed E-state index contributed by atoms with van der Waals surface area (Å²) < 4.78 is 26.1. The number of benzene rings is 1. The van der Waals surface area contributed by atoms with Crippen LogP contribution in [0.25, 0.3) is 0 Å². The number of sulfonamides is 1. The second kappa shape index (κ2) is 4.61. The minimum atomic E-state index is -3.86. The van der Waals surface area contributed by atoms with Gasteiger partial charge in [-0.1, -0.05) is 0 Å². The molecular formula is C10H11N5O3S. The van der Waals surface area contributed by atoms with Gasteiger partial charge in [0.1, 0.15) is 5.82 Å². The second-order valence-electron chi connectivity index (χ2n) is 3.69. The van der Waals surface area contributed by atoms with Crippen molar-refractivity contribution in [2.45, 2.75) is 4.90 Å². The average Bonchev–Trinajstić information content (AvgIpc) is 2.27. The number of nitrogens with one attached hydrogen (secondary N) is 2. The molecule has 100 valence electrons. The predicted octanol–water partition coefficient (Wildman–Crippen LogP) is -0.265. The second-order valence-corrected chi connectivity index (χ2v) is 5.38. The van der Waals surface area contributed by atoms with E-state index in [-0.39, 0.29) is 16.7 Å². The number of hydrogen-bond acceptors (Lipinski definition) is 6. The summed E-state index contributed by atoms with van der Waals surface area (Å²) in [7, 11) is -3.86. The molecule has 0 unspecified atom stereocenters.